The third-order valence-corrected chi connectivity index (χ3v) is 7.75. The van der Waals surface area contributed by atoms with Gasteiger partial charge in [-0.3, -0.25) is 14.5 Å². The average Bonchev–Trinajstić information content (AvgIpc) is 2.75. The molecule has 0 atom stereocenters. The predicted octanol–water partition coefficient (Wildman–Crippen LogP) is 7.54. The molecule has 0 bridgehead atoms. The molecule has 0 N–H and O–H groups in total. The van der Waals surface area contributed by atoms with Crippen LogP contribution in [-0.4, -0.2) is 33.3 Å². The van der Waals surface area contributed by atoms with E-state index in [4.69, 9.17) is 9.16 Å². The van der Waals surface area contributed by atoms with Gasteiger partial charge in [-0.05, 0) is 84.4 Å². The van der Waals surface area contributed by atoms with Crippen molar-refractivity contribution in [1.82, 2.24) is 0 Å². The van der Waals surface area contributed by atoms with Crippen molar-refractivity contribution < 1.29 is 18.8 Å². The van der Waals surface area contributed by atoms with Gasteiger partial charge in [0.15, 0.2) is 0 Å². The lowest BCUT2D eigenvalue weighted by Gasteiger charge is -2.34. The lowest BCUT2D eigenvalue weighted by Crippen LogP contribution is -2.39. The number of amides is 1. The summed E-state index contributed by atoms with van der Waals surface area (Å²) in [5.41, 5.74) is 3.62. The van der Waals surface area contributed by atoms with Crippen molar-refractivity contribution in [3.05, 3.63) is 58.0 Å². The van der Waals surface area contributed by atoms with Crippen LogP contribution < -0.4 is 9.33 Å². The van der Waals surface area contributed by atoms with Crippen molar-refractivity contribution in [2.45, 2.75) is 83.8 Å². The third kappa shape index (κ3) is 7.08. The van der Waals surface area contributed by atoms with Crippen molar-refractivity contribution in [2.24, 2.45) is 0 Å². The minimum Gasteiger partial charge on any atom is -0.544 e. The number of carbonyl (C=O) groups is 2. The van der Waals surface area contributed by atoms with Gasteiger partial charge in [-0.15, -0.1) is 0 Å². The zero-order chi connectivity index (χ0) is 27.8. The molecule has 1 aliphatic rings. The fourth-order valence-electron chi connectivity index (χ4n) is 4.17. The van der Waals surface area contributed by atoms with Crippen LogP contribution in [0.4, 0.5) is 5.69 Å². The quantitative estimate of drug-likeness (QED) is 0.216. The van der Waals surface area contributed by atoms with E-state index < -0.39 is 14.3 Å². The van der Waals surface area contributed by atoms with Gasteiger partial charge in [-0.25, -0.2) is 0 Å². The van der Waals surface area contributed by atoms with Gasteiger partial charge < -0.3 is 9.16 Å². The largest absolute Gasteiger partial charge is 0.544 e. The molecule has 0 spiro atoms. The molecule has 200 valence electrons. The summed E-state index contributed by atoms with van der Waals surface area (Å²) < 4.78 is 11.9. The third-order valence-electron chi connectivity index (χ3n) is 5.86. The van der Waals surface area contributed by atoms with Gasteiger partial charge in [0.2, 0.25) is 8.32 Å². The number of para-hydroxylation sites is 1. The first-order chi connectivity index (χ1) is 17.0. The molecule has 2 aromatic rings. The molecule has 1 aliphatic heterocycles. The molecule has 0 aromatic heterocycles. The van der Waals surface area contributed by atoms with Crippen molar-refractivity contribution in [1.29, 1.82) is 0 Å². The van der Waals surface area contributed by atoms with Crippen molar-refractivity contribution >= 4 is 43.7 Å². The van der Waals surface area contributed by atoms with E-state index in [1.165, 1.54) is 16.7 Å². The highest BCUT2D eigenvalue weighted by molar-refractivity contribution is 8.04. The number of carbonyl (C=O) groups excluding carboxylic acids is 2. The number of hydrogen-bond acceptors (Lipinski definition) is 5. The molecule has 0 radical (unpaired) electrons. The molecular formula is C30H41NO4SSi. The van der Waals surface area contributed by atoms with E-state index in [0.717, 1.165) is 33.0 Å². The Morgan fingerprint density at radius 3 is 2.08 bits per heavy atom. The number of benzene rings is 2. The van der Waals surface area contributed by atoms with Crippen LogP contribution in [0.2, 0.25) is 19.6 Å². The maximum absolute atomic E-state index is 13.7. The highest BCUT2D eigenvalue weighted by Crippen LogP contribution is 2.45. The fourth-order valence-corrected chi connectivity index (χ4v) is 6.06. The Bertz CT molecular complexity index is 1180. The van der Waals surface area contributed by atoms with Crippen LogP contribution >= 0.6 is 11.8 Å². The molecule has 0 unspecified atom stereocenters. The molecule has 0 fully saturated rings. The van der Waals surface area contributed by atoms with Crippen LogP contribution in [0.1, 0.15) is 65.2 Å². The second-order valence-electron chi connectivity index (χ2n) is 12.4. The molecule has 0 aliphatic carbocycles. The number of fused-ring (bicyclic) bond motifs is 1. The second-order valence-corrected chi connectivity index (χ2v) is 17.9. The number of anilines is 1. The van der Waals surface area contributed by atoms with E-state index in [0.29, 0.717) is 4.91 Å². The van der Waals surface area contributed by atoms with Crippen LogP contribution in [0.15, 0.2) is 46.2 Å². The fraction of sp³-hybridized carbons (Fsp3) is 0.467. The van der Waals surface area contributed by atoms with E-state index >= 15 is 0 Å². The molecule has 37 heavy (non-hydrogen) atoms. The molecule has 7 heteroatoms. The van der Waals surface area contributed by atoms with Crippen molar-refractivity contribution in [3.63, 3.8) is 0 Å². The Kier molecular flexibility index (Phi) is 8.40. The summed E-state index contributed by atoms with van der Waals surface area (Å²) in [7, 11) is -1.88. The zero-order valence-electron chi connectivity index (χ0n) is 23.9. The van der Waals surface area contributed by atoms with E-state index in [-0.39, 0.29) is 29.9 Å². The Labute approximate surface area is 227 Å². The monoisotopic (exact) mass is 539 g/mol. The summed E-state index contributed by atoms with van der Waals surface area (Å²) >= 11 is 1.44. The summed E-state index contributed by atoms with van der Waals surface area (Å²) in [6, 6.07) is 12.0. The number of esters is 1. The second kappa shape index (κ2) is 10.7. The van der Waals surface area contributed by atoms with Gasteiger partial charge >= 0.3 is 5.97 Å². The molecular weight excluding hydrogens is 498 g/mol. The minimum atomic E-state index is -1.88. The van der Waals surface area contributed by atoms with Gasteiger partial charge in [0.05, 0.1) is 17.2 Å². The SMILES string of the molecule is CCOC(=O)CN1C(=O)/C(=C/c2cc(C(C)(C)C)c(O[Si](C)(C)C)c(C(C)(C)C)c2)Sc2ccccc21. The minimum absolute atomic E-state index is 0.120. The normalized spacial score (nSPS) is 15.6. The number of thioether (sulfide) groups is 1. The molecule has 1 heterocycles. The highest BCUT2D eigenvalue weighted by Gasteiger charge is 2.33. The number of hydrogen-bond donors (Lipinski definition) is 0. The van der Waals surface area contributed by atoms with Gasteiger partial charge in [-0.1, -0.05) is 65.4 Å². The predicted molar refractivity (Wildman–Crippen MR) is 157 cm³/mol. The molecule has 0 saturated heterocycles. The molecule has 0 saturated carbocycles. The van der Waals surface area contributed by atoms with Gasteiger partial charge in [0.1, 0.15) is 12.3 Å². The summed E-state index contributed by atoms with van der Waals surface area (Å²) in [4.78, 5) is 29.0. The van der Waals surface area contributed by atoms with Crippen LogP contribution in [0.3, 0.4) is 0 Å². The lowest BCUT2D eigenvalue weighted by atomic mass is 9.78. The summed E-state index contributed by atoms with van der Waals surface area (Å²) in [5, 5.41) is 0. The van der Waals surface area contributed by atoms with Gasteiger partial charge in [-0.2, -0.15) is 0 Å². The lowest BCUT2D eigenvalue weighted by molar-refractivity contribution is -0.142. The Morgan fingerprint density at radius 1 is 1.00 bits per heavy atom. The number of nitrogens with zero attached hydrogens (tertiary/aromatic N) is 1. The molecule has 1 amide bonds. The Hall–Kier alpha value is -2.51. The smallest absolute Gasteiger partial charge is 0.326 e. The van der Waals surface area contributed by atoms with E-state index in [2.05, 4.69) is 73.3 Å². The molecule has 5 nitrogen and oxygen atoms in total. The van der Waals surface area contributed by atoms with E-state index in [1.807, 2.05) is 30.3 Å². The van der Waals surface area contributed by atoms with Crippen LogP contribution in [-0.2, 0) is 25.2 Å². The first kappa shape index (κ1) is 29.0. The maximum atomic E-state index is 13.7. The Balaban J connectivity index is 2.19. The van der Waals surface area contributed by atoms with Crippen LogP contribution in [0.5, 0.6) is 5.75 Å². The maximum Gasteiger partial charge on any atom is 0.326 e. The zero-order valence-corrected chi connectivity index (χ0v) is 25.8. The summed E-state index contributed by atoms with van der Waals surface area (Å²) in [6.07, 6.45) is 1.95. The number of ether oxygens (including phenoxy) is 1. The number of rotatable bonds is 6. The Morgan fingerprint density at radius 2 is 1.57 bits per heavy atom. The van der Waals surface area contributed by atoms with Gasteiger partial charge in [0, 0.05) is 4.90 Å². The average molecular weight is 540 g/mol. The van der Waals surface area contributed by atoms with E-state index in [1.54, 1.807) is 6.92 Å². The van der Waals surface area contributed by atoms with Crippen LogP contribution in [0.25, 0.3) is 6.08 Å². The van der Waals surface area contributed by atoms with Crippen molar-refractivity contribution in [2.75, 3.05) is 18.1 Å². The summed E-state index contributed by atoms with van der Waals surface area (Å²) in [6.45, 7) is 21.7. The van der Waals surface area contributed by atoms with Crippen molar-refractivity contribution in [3.8, 4) is 5.75 Å². The molecule has 3 rings (SSSR count). The van der Waals surface area contributed by atoms with Gasteiger partial charge in [0.25, 0.3) is 5.91 Å². The summed E-state index contributed by atoms with van der Waals surface area (Å²) in [5.74, 6) is 0.349. The van der Waals surface area contributed by atoms with Crippen LogP contribution in [0, 0.1) is 0 Å². The first-order valence-electron chi connectivity index (χ1n) is 12.9. The van der Waals surface area contributed by atoms with E-state index in [9.17, 15) is 9.59 Å². The first-order valence-corrected chi connectivity index (χ1v) is 17.1. The topological polar surface area (TPSA) is 55.8 Å². The highest BCUT2D eigenvalue weighted by atomic mass is 32.2. The molecule has 2 aromatic carbocycles. The standard InChI is InChI=1S/C30H41NO4SSi/c1-11-34-26(32)19-31-23-14-12-13-15-24(23)36-25(28(31)33)18-20-16-21(29(2,3)4)27(35-37(8,9)10)22(17-20)30(5,6)7/h12-18H,11,19H2,1-10H3/b25-18-.